The normalized spacial score (nSPS) is 10.3. The number of nitrogens with one attached hydrogen (secondary N) is 1. The van der Waals surface area contributed by atoms with Crippen LogP contribution in [0.4, 0.5) is 5.69 Å². The van der Waals surface area contributed by atoms with Gasteiger partial charge < -0.3 is 9.88 Å². The van der Waals surface area contributed by atoms with Crippen LogP contribution in [0.3, 0.4) is 0 Å². The van der Waals surface area contributed by atoms with Crippen molar-refractivity contribution < 1.29 is 4.79 Å². The molecule has 0 radical (unpaired) electrons. The number of amides is 1. The minimum atomic E-state index is -0.200. The third-order valence-corrected chi connectivity index (χ3v) is 3.15. The molecule has 2 aromatic rings. The van der Waals surface area contributed by atoms with Crippen LogP contribution < -0.4 is 5.32 Å². The molecule has 0 saturated carbocycles. The van der Waals surface area contributed by atoms with Crippen molar-refractivity contribution in [2.75, 3.05) is 5.32 Å². The third kappa shape index (κ3) is 2.52. The first-order valence-electron chi connectivity index (χ1n) is 4.98. The molecule has 17 heavy (non-hydrogen) atoms. The van der Waals surface area contributed by atoms with E-state index in [1.165, 1.54) is 6.20 Å². The maximum atomic E-state index is 11.9. The molecule has 0 aromatic carbocycles. The fraction of sp³-hybridized carbons (Fsp3) is 0.182. The van der Waals surface area contributed by atoms with Gasteiger partial charge in [-0.25, -0.2) is 9.97 Å². The first-order valence-corrected chi connectivity index (χ1v) is 5.77. The maximum Gasteiger partial charge on any atom is 0.273 e. The van der Waals surface area contributed by atoms with Gasteiger partial charge in [-0.05, 0) is 34.5 Å². The van der Waals surface area contributed by atoms with Crippen molar-refractivity contribution >= 4 is 27.5 Å². The number of aromatic nitrogens is 3. The predicted molar refractivity (Wildman–Crippen MR) is 67.8 cm³/mol. The van der Waals surface area contributed by atoms with E-state index in [2.05, 4.69) is 31.2 Å². The summed E-state index contributed by atoms with van der Waals surface area (Å²) in [4.78, 5) is 19.9. The molecular weight excluding hydrogens is 284 g/mol. The van der Waals surface area contributed by atoms with Crippen LogP contribution in [0.5, 0.6) is 0 Å². The van der Waals surface area contributed by atoms with Crippen LogP contribution in [-0.2, 0) is 7.05 Å². The summed E-state index contributed by atoms with van der Waals surface area (Å²) in [5, 5.41) is 2.77. The van der Waals surface area contributed by atoms with Gasteiger partial charge in [0.05, 0.1) is 24.4 Å². The molecule has 0 aliphatic carbocycles. The molecule has 0 atom stereocenters. The molecule has 6 heteroatoms. The number of carbonyl (C=O) groups excluding carboxylic acids is 1. The number of carbonyl (C=O) groups is 1. The van der Waals surface area contributed by atoms with Crippen molar-refractivity contribution in [3.05, 3.63) is 40.6 Å². The van der Waals surface area contributed by atoms with Gasteiger partial charge in [-0.15, -0.1) is 0 Å². The average molecular weight is 295 g/mol. The minimum absolute atomic E-state index is 0.200. The molecule has 1 N–H and O–H groups in total. The zero-order valence-corrected chi connectivity index (χ0v) is 11.0. The van der Waals surface area contributed by atoms with Gasteiger partial charge in [-0.3, -0.25) is 4.79 Å². The van der Waals surface area contributed by atoms with Crippen molar-refractivity contribution in [1.82, 2.24) is 14.5 Å². The fourth-order valence-electron chi connectivity index (χ4n) is 1.40. The Morgan fingerprint density at radius 2 is 2.24 bits per heavy atom. The lowest BCUT2D eigenvalue weighted by atomic mass is 10.3. The molecule has 0 bridgehead atoms. The van der Waals surface area contributed by atoms with Gasteiger partial charge in [-0.2, -0.15) is 0 Å². The maximum absolute atomic E-state index is 11.9. The first-order chi connectivity index (χ1) is 8.08. The topological polar surface area (TPSA) is 59.8 Å². The summed E-state index contributed by atoms with van der Waals surface area (Å²) in [6.07, 6.45) is 4.71. The highest BCUT2D eigenvalue weighted by Gasteiger charge is 2.10. The van der Waals surface area contributed by atoms with Gasteiger partial charge >= 0.3 is 0 Å². The van der Waals surface area contributed by atoms with Crippen molar-refractivity contribution in [2.24, 2.45) is 7.05 Å². The standard InChI is InChI=1S/C11H11BrN4O/c1-7-3-8(4-14-10(7)12)15-11(17)9-5-13-6-16(9)2/h3-6H,1-2H3,(H,15,17). The van der Waals surface area contributed by atoms with Gasteiger partial charge in [-0.1, -0.05) is 0 Å². The van der Waals surface area contributed by atoms with E-state index in [1.807, 2.05) is 13.0 Å². The lowest BCUT2D eigenvalue weighted by Gasteiger charge is -2.06. The van der Waals surface area contributed by atoms with Gasteiger partial charge in [0.2, 0.25) is 0 Å². The van der Waals surface area contributed by atoms with Gasteiger partial charge in [0.15, 0.2) is 0 Å². The Kier molecular flexibility index (Phi) is 3.23. The molecule has 0 spiro atoms. The van der Waals surface area contributed by atoms with E-state index in [4.69, 9.17) is 0 Å². The third-order valence-electron chi connectivity index (χ3n) is 2.32. The number of hydrogen-bond donors (Lipinski definition) is 1. The van der Waals surface area contributed by atoms with E-state index in [0.29, 0.717) is 11.4 Å². The summed E-state index contributed by atoms with van der Waals surface area (Å²) in [6.45, 7) is 1.91. The number of anilines is 1. The predicted octanol–water partition coefficient (Wildman–Crippen LogP) is 2.14. The Balaban J connectivity index is 2.19. The van der Waals surface area contributed by atoms with Crippen LogP contribution >= 0.6 is 15.9 Å². The lowest BCUT2D eigenvalue weighted by molar-refractivity contribution is 0.101. The molecule has 5 nitrogen and oxygen atoms in total. The monoisotopic (exact) mass is 294 g/mol. The summed E-state index contributed by atoms with van der Waals surface area (Å²) >= 11 is 3.31. The van der Waals surface area contributed by atoms with E-state index < -0.39 is 0 Å². The van der Waals surface area contributed by atoms with E-state index in [1.54, 1.807) is 24.1 Å². The lowest BCUT2D eigenvalue weighted by Crippen LogP contribution is -2.15. The number of nitrogens with zero attached hydrogens (tertiary/aromatic N) is 3. The molecule has 2 aromatic heterocycles. The van der Waals surface area contributed by atoms with Crippen molar-refractivity contribution in [3.8, 4) is 0 Å². The second-order valence-corrected chi connectivity index (χ2v) is 4.43. The largest absolute Gasteiger partial charge is 0.330 e. The zero-order valence-electron chi connectivity index (χ0n) is 9.44. The zero-order chi connectivity index (χ0) is 12.4. The molecule has 0 unspecified atom stereocenters. The summed E-state index contributed by atoms with van der Waals surface area (Å²) in [7, 11) is 1.77. The molecule has 2 rings (SSSR count). The van der Waals surface area contributed by atoms with E-state index >= 15 is 0 Å². The highest BCUT2D eigenvalue weighted by atomic mass is 79.9. The number of hydrogen-bond acceptors (Lipinski definition) is 3. The highest BCUT2D eigenvalue weighted by Crippen LogP contribution is 2.17. The number of aryl methyl sites for hydroxylation is 2. The molecular formula is C11H11BrN4O. The quantitative estimate of drug-likeness (QED) is 0.863. The molecule has 88 valence electrons. The average Bonchev–Trinajstić information content (AvgIpc) is 2.70. The Morgan fingerprint density at radius 1 is 1.47 bits per heavy atom. The van der Waals surface area contributed by atoms with Gasteiger partial charge in [0.1, 0.15) is 10.3 Å². The minimum Gasteiger partial charge on any atom is -0.330 e. The number of halogens is 1. The van der Waals surface area contributed by atoms with Gasteiger partial charge in [0.25, 0.3) is 5.91 Å². The second-order valence-electron chi connectivity index (χ2n) is 3.68. The SMILES string of the molecule is Cc1cc(NC(=O)c2cncn2C)cnc1Br. The van der Waals surface area contributed by atoms with Crippen molar-refractivity contribution in [3.63, 3.8) is 0 Å². The smallest absolute Gasteiger partial charge is 0.273 e. The van der Waals surface area contributed by atoms with Crippen LogP contribution in [0.2, 0.25) is 0 Å². The van der Waals surface area contributed by atoms with Crippen molar-refractivity contribution in [1.29, 1.82) is 0 Å². The Hall–Kier alpha value is -1.69. The van der Waals surface area contributed by atoms with Crippen LogP contribution in [-0.4, -0.2) is 20.4 Å². The second kappa shape index (κ2) is 4.67. The summed E-state index contributed by atoms with van der Waals surface area (Å²) in [5.74, 6) is -0.200. The Labute approximate surface area is 107 Å². The van der Waals surface area contributed by atoms with E-state index in [9.17, 15) is 4.79 Å². The van der Waals surface area contributed by atoms with Crippen LogP contribution in [0, 0.1) is 6.92 Å². The van der Waals surface area contributed by atoms with E-state index in [-0.39, 0.29) is 5.91 Å². The molecule has 0 aliphatic heterocycles. The summed E-state index contributed by atoms with van der Waals surface area (Å²) in [6, 6.07) is 1.85. The Bertz CT molecular complexity index is 564. The summed E-state index contributed by atoms with van der Waals surface area (Å²) < 4.78 is 2.44. The molecule has 1 amide bonds. The molecule has 2 heterocycles. The number of imidazole rings is 1. The van der Waals surface area contributed by atoms with E-state index in [0.717, 1.165) is 10.2 Å². The summed E-state index contributed by atoms with van der Waals surface area (Å²) in [5.41, 5.74) is 2.13. The van der Waals surface area contributed by atoms with Crippen LogP contribution in [0.25, 0.3) is 0 Å². The fourth-order valence-corrected chi connectivity index (χ4v) is 1.61. The molecule has 0 fully saturated rings. The van der Waals surface area contributed by atoms with Crippen LogP contribution in [0.1, 0.15) is 16.1 Å². The number of pyridine rings is 1. The number of rotatable bonds is 2. The van der Waals surface area contributed by atoms with Gasteiger partial charge in [0, 0.05) is 7.05 Å². The highest BCUT2D eigenvalue weighted by molar-refractivity contribution is 9.10. The molecule has 0 saturated heterocycles. The first kappa shape index (κ1) is 11.8. The molecule has 0 aliphatic rings. The van der Waals surface area contributed by atoms with Crippen molar-refractivity contribution in [2.45, 2.75) is 6.92 Å². The van der Waals surface area contributed by atoms with Crippen LogP contribution in [0.15, 0.2) is 29.4 Å². The Morgan fingerprint density at radius 3 is 2.82 bits per heavy atom.